The molecule has 0 saturated carbocycles. The van der Waals surface area contributed by atoms with E-state index in [1.807, 2.05) is 22.7 Å². The lowest BCUT2D eigenvalue weighted by Gasteiger charge is -2.23. The zero-order chi connectivity index (χ0) is 10.8. The van der Waals surface area contributed by atoms with Gasteiger partial charge >= 0.3 is 0 Å². The number of hydrogen-bond acceptors (Lipinski definition) is 3. The van der Waals surface area contributed by atoms with Crippen LogP contribution in [0.5, 0.6) is 0 Å². The summed E-state index contributed by atoms with van der Waals surface area (Å²) in [6.07, 6.45) is 3.90. The molecule has 2 heterocycles. The van der Waals surface area contributed by atoms with Gasteiger partial charge in [0.05, 0.1) is 0 Å². The van der Waals surface area contributed by atoms with Crippen LogP contribution in [0.2, 0.25) is 0 Å². The van der Waals surface area contributed by atoms with Crippen LogP contribution in [0.1, 0.15) is 34.2 Å². The van der Waals surface area contributed by atoms with Gasteiger partial charge < -0.3 is 5.32 Å². The van der Waals surface area contributed by atoms with Crippen LogP contribution in [0.25, 0.3) is 0 Å². The van der Waals surface area contributed by atoms with E-state index in [0.29, 0.717) is 6.04 Å². The Morgan fingerprint density at radius 1 is 1.25 bits per heavy atom. The molecule has 1 nitrogen and oxygen atoms in total. The minimum absolute atomic E-state index is 0.581. The Balaban J connectivity index is 1.69. The summed E-state index contributed by atoms with van der Waals surface area (Å²) in [5, 5.41) is 8.06. The summed E-state index contributed by atoms with van der Waals surface area (Å²) in [6, 6.07) is 7.20. The lowest BCUT2D eigenvalue weighted by atomic mass is 9.94. The molecule has 1 aliphatic carbocycles. The topological polar surface area (TPSA) is 12.0 Å². The molecule has 0 radical (unpaired) electrons. The van der Waals surface area contributed by atoms with Crippen molar-refractivity contribution in [1.29, 1.82) is 0 Å². The number of fused-ring (bicyclic) bond motifs is 1. The quantitative estimate of drug-likeness (QED) is 0.867. The predicted molar refractivity (Wildman–Crippen MR) is 71.2 cm³/mol. The normalized spacial score (nSPS) is 19.6. The standard InChI is InChI=1S/C13H15NS2/c1-4-12(11-6-8-16-13(11)5-1)14-9-10-3-2-7-15-10/h2-3,6-8,12,14H,1,4-5,9H2. The van der Waals surface area contributed by atoms with E-state index < -0.39 is 0 Å². The van der Waals surface area contributed by atoms with Crippen molar-refractivity contribution in [1.82, 2.24) is 5.32 Å². The molecule has 1 atom stereocenters. The predicted octanol–water partition coefficient (Wildman–Crippen LogP) is 3.98. The molecule has 1 aliphatic rings. The molecule has 3 heteroatoms. The highest BCUT2D eigenvalue weighted by Gasteiger charge is 2.20. The van der Waals surface area contributed by atoms with E-state index in [9.17, 15) is 0 Å². The fourth-order valence-corrected chi connectivity index (χ4v) is 3.98. The molecule has 0 aliphatic heterocycles. The van der Waals surface area contributed by atoms with Crippen LogP contribution in [0, 0.1) is 0 Å². The van der Waals surface area contributed by atoms with Gasteiger partial charge in [0.25, 0.3) is 0 Å². The van der Waals surface area contributed by atoms with Crippen LogP contribution in [0.4, 0.5) is 0 Å². The first-order chi connectivity index (χ1) is 7.93. The second-order valence-electron chi connectivity index (χ2n) is 4.20. The van der Waals surface area contributed by atoms with E-state index in [1.165, 1.54) is 24.1 Å². The van der Waals surface area contributed by atoms with Crippen LogP contribution in [-0.4, -0.2) is 0 Å². The summed E-state index contributed by atoms with van der Waals surface area (Å²) in [5.74, 6) is 0. The molecule has 0 aromatic carbocycles. The molecule has 0 bridgehead atoms. The third-order valence-corrected chi connectivity index (χ3v) is 5.03. The van der Waals surface area contributed by atoms with Crippen molar-refractivity contribution in [2.45, 2.75) is 31.8 Å². The zero-order valence-corrected chi connectivity index (χ0v) is 10.7. The molecule has 16 heavy (non-hydrogen) atoms. The molecule has 3 rings (SSSR count). The second kappa shape index (κ2) is 4.70. The summed E-state index contributed by atoms with van der Waals surface area (Å²) in [4.78, 5) is 3.03. The lowest BCUT2D eigenvalue weighted by Crippen LogP contribution is -2.23. The number of hydrogen-bond donors (Lipinski definition) is 1. The summed E-state index contributed by atoms with van der Waals surface area (Å²) in [5.41, 5.74) is 1.55. The fraction of sp³-hybridized carbons (Fsp3) is 0.385. The molecule has 1 unspecified atom stereocenters. The van der Waals surface area contributed by atoms with Crippen molar-refractivity contribution in [3.63, 3.8) is 0 Å². The maximum absolute atomic E-state index is 3.68. The molecule has 0 fully saturated rings. The van der Waals surface area contributed by atoms with Gasteiger partial charge in [-0.2, -0.15) is 0 Å². The maximum atomic E-state index is 3.68. The van der Waals surface area contributed by atoms with Crippen molar-refractivity contribution >= 4 is 22.7 Å². The van der Waals surface area contributed by atoms with E-state index >= 15 is 0 Å². The molecule has 2 aromatic rings. The summed E-state index contributed by atoms with van der Waals surface area (Å²) < 4.78 is 0. The van der Waals surface area contributed by atoms with Gasteiger partial charge in [0, 0.05) is 22.3 Å². The highest BCUT2D eigenvalue weighted by molar-refractivity contribution is 7.10. The molecular formula is C13H15NS2. The lowest BCUT2D eigenvalue weighted by molar-refractivity contribution is 0.465. The molecule has 84 valence electrons. The largest absolute Gasteiger partial charge is 0.305 e. The maximum Gasteiger partial charge on any atom is 0.0334 e. The Kier molecular flexibility index (Phi) is 3.09. The monoisotopic (exact) mass is 249 g/mol. The molecule has 0 amide bonds. The molecule has 1 N–H and O–H groups in total. The van der Waals surface area contributed by atoms with Crippen LogP contribution < -0.4 is 5.32 Å². The molecule has 0 saturated heterocycles. The van der Waals surface area contributed by atoms with Gasteiger partial charge in [-0.3, -0.25) is 0 Å². The molecular weight excluding hydrogens is 234 g/mol. The average Bonchev–Trinajstić information content (AvgIpc) is 2.97. The molecule has 0 spiro atoms. The van der Waals surface area contributed by atoms with Crippen LogP contribution >= 0.6 is 22.7 Å². The number of thiophene rings is 2. The van der Waals surface area contributed by atoms with E-state index in [0.717, 1.165) is 6.54 Å². The van der Waals surface area contributed by atoms with E-state index in [1.54, 1.807) is 10.4 Å². The number of aryl methyl sites for hydroxylation is 1. The Morgan fingerprint density at radius 3 is 3.12 bits per heavy atom. The van der Waals surface area contributed by atoms with E-state index in [2.05, 4.69) is 34.3 Å². The first-order valence-electron chi connectivity index (χ1n) is 5.75. The SMILES string of the molecule is c1csc(CNC2CCCc3sccc32)c1. The highest BCUT2D eigenvalue weighted by atomic mass is 32.1. The second-order valence-corrected chi connectivity index (χ2v) is 6.24. The van der Waals surface area contributed by atoms with Crippen LogP contribution in [0.3, 0.4) is 0 Å². The third-order valence-electron chi connectivity index (χ3n) is 3.15. The van der Waals surface area contributed by atoms with Gasteiger partial charge in [0.15, 0.2) is 0 Å². The Bertz CT molecular complexity index is 444. The first kappa shape index (κ1) is 10.5. The average molecular weight is 249 g/mol. The van der Waals surface area contributed by atoms with Gasteiger partial charge in [0.2, 0.25) is 0 Å². The summed E-state index contributed by atoms with van der Waals surface area (Å²) >= 11 is 3.75. The first-order valence-corrected chi connectivity index (χ1v) is 7.51. The Labute approximate surface area is 104 Å². The highest BCUT2D eigenvalue weighted by Crippen LogP contribution is 2.33. The van der Waals surface area contributed by atoms with Gasteiger partial charge in [-0.05, 0) is 47.7 Å². The van der Waals surface area contributed by atoms with E-state index in [-0.39, 0.29) is 0 Å². The smallest absolute Gasteiger partial charge is 0.0334 e. The minimum Gasteiger partial charge on any atom is -0.305 e. The summed E-state index contributed by atoms with van der Waals surface area (Å²) in [7, 11) is 0. The van der Waals surface area contributed by atoms with Gasteiger partial charge in [-0.1, -0.05) is 6.07 Å². The van der Waals surface area contributed by atoms with E-state index in [4.69, 9.17) is 0 Å². The third kappa shape index (κ3) is 2.08. The zero-order valence-electron chi connectivity index (χ0n) is 9.11. The fourth-order valence-electron chi connectivity index (χ4n) is 2.34. The Morgan fingerprint density at radius 2 is 2.25 bits per heavy atom. The van der Waals surface area contributed by atoms with Gasteiger partial charge in [-0.25, -0.2) is 0 Å². The van der Waals surface area contributed by atoms with Gasteiger partial charge in [0.1, 0.15) is 0 Å². The number of rotatable bonds is 3. The van der Waals surface area contributed by atoms with Crippen molar-refractivity contribution in [3.05, 3.63) is 44.3 Å². The number of nitrogens with one attached hydrogen (secondary N) is 1. The molecule has 2 aromatic heterocycles. The van der Waals surface area contributed by atoms with Crippen molar-refractivity contribution in [2.24, 2.45) is 0 Å². The van der Waals surface area contributed by atoms with Crippen molar-refractivity contribution in [3.8, 4) is 0 Å². The summed E-state index contributed by atoms with van der Waals surface area (Å²) in [6.45, 7) is 1.01. The van der Waals surface area contributed by atoms with Gasteiger partial charge in [-0.15, -0.1) is 22.7 Å². The van der Waals surface area contributed by atoms with Crippen molar-refractivity contribution in [2.75, 3.05) is 0 Å². The Hall–Kier alpha value is -0.640. The minimum atomic E-state index is 0.581. The van der Waals surface area contributed by atoms with Crippen LogP contribution in [-0.2, 0) is 13.0 Å². The van der Waals surface area contributed by atoms with Crippen molar-refractivity contribution < 1.29 is 0 Å². The van der Waals surface area contributed by atoms with Crippen LogP contribution in [0.15, 0.2) is 29.0 Å².